The monoisotopic (exact) mass is 394 g/mol. The van der Waals surface area contributed by atoms with Gasteiger partial charge in [0, 0.05) is 17.0 Å². The SMILES string of the molecule is COC(=O)[C@@H](Cc1ccc(SC(F)(F)F)cc1N)NC(=O)OC(C)(C)C. The number of hydrogen-bond donors (Lipinski definition) is 2. The zero-order valence-electron chi connectivity index (χ0n) is 14.8. The summed E-state index contributed by atoms with van der Waals surface area (Å²) in [4.78, 5) is 23.7. The van der Waals surface area contributed by atoms with Gasteiger partial charge in [0.25, 0.3) is 0 Å². The lowest BCUT2D eigenvalue weighted by Crippen LogP contribution is -2.45. The van der Waals surface area contributed by atoms with Gasteiger partial charge < -0.3 is 20.5 Å². The Bertz CT molecular complexity index is 660. The zero-order chi connectivity index (χ0) is 20.1. The molecule has 6 nitrogen and oxygen atoms in total. The molecule has 0 aromatic heterocycles. The van der Waals surface area contributed by atoms with Crippen LogP contribution < -0.4 is 11.1 Å². The van der Waals surface area contributed by atoms with Crippen LogP contribution in [0.4, 0.5) is 23.7 Å². The number of thioether (sulfide) groups is 1. The first-order valence-corrected chi connectivity index (χ1v) is 8.34. The van der Waals surface area contributed by atoms with E-state index in [0.29, 0.717) is 5.56 Å². The second-order valence-electron chi connectivity index (χ2n) is 6.33. The van der Waals surface area contributed by atoms with Crippen LogP contribution in [0.15, 0.2) is 23.1 Å². The van der Waals surface area contributed by atoms with Crippen LogP contribution in [-0.4, -0.2) is 36.3 Å². The number of methoxy groups -OCH3 is 1. The third-order valence-electron chi connectivity index (χ3n) is 2.95. The molecule has 0 unspecified atom stereocenters. The number of benzene rings is 1. The molecule has 0 saturated heterocycles. The molecule has 0 aliphatic carbocycles. The van der Waals surface area contributed by atoms with E-state index in [2.05, 4.69) is 10.1 Å². The highest BCUT2D eigenvalue weighted by Crippen LogP contribution is 2.38. The quantitative estimate of drug-likeness (QED) is 0.451. The fourth-order valence-electron chi connectivity index (χ4n) is 1.96. The molecule has 10 heteroatoms. The summed E-state index contributed by atoms with van der Waals surface area (Å²) < 4.78 is 47.0. The smallest absolute Gasteiger partial charge is 0.446 e. The van der Waals surface area contributed by atoms with E-state index in [4.69, 9.17) is 10.5 Å². The average Bonchev–Trinajstić information content (AvgIpc) is 2.44. The minimum atomic E-state index is -4.43. The maximum Gasteiger partial charge on any atom is 0.446 e. The molecule has 146 valence electrons. The number of halogens is 3. The second-order valence-corrected chi connectivity index (χ2v) is 7.47. The molecule has 0 bridgehead atoms. The van der Waals surface area contributed by atoms with E-state index in [1.807, 2.05) is 0 Å². The lowest BCUT2D eigenvalue weighted by Gasteiger charge is -2.23. The molecule has 0 spiro atoms. The summed E-state index contributed by atoms with van der Waals surface area (Å²) in [6.07, 6.45) is -0.884. The van der Waals surface area contributed by atoms with Crippen molar-refractivity contribution < 1.29 is 32.2 Å². The Morgan fingerprint density at radius 2 is 1.88 bits per heavy atom. The lowest BCUT2D eigenvalue weighted by molar-refractivity contribution is -0.143. The van der Waals surface area contributed by atoms with Gasteiger partial charge in [0.05, 0.1) is 7.11 Å². The molecule has 1 amide bonds. The van der Waals surface area contributed by atoms with Crippen LogP contribution in [0.25, 0.3) is 0 Å². The first kappa shape index (κ1) is 21.9. The van der Waals surface area contributed by atoms with Crippen LogP contribution in [0.2, 0.25) is 0 Å². The third kappa shape index (κ3) is 7.85. The largest absolute Gasteiger partial charge is 0.467 e. The predicted molar refractivity (Wildman–Crippen MR) is 91.6 cm³/mol. The summed E-state index contributed by atoms with van der Waals surface area (Å²) in [5.74, 6) is -0.732. The number of rotatable bonds is 5. The Morgan fingerprint density at radius 3 is 2.35 bits per heavy atom. The fraction of sp³-hybridized carbons (Fsp3) is 0.500. The number of amides is 1. The van der Waals surface area contributed by atoms with E-state index in [9.17, 15) is 22.8 Å². The Labute approximate surface area is 153 Å². The fourth-order valence-corrected chi connectivity index (χ4v) is 2.55. The van der Waals surface area contributed by atoms with Crippen LogP contribution >= 0.6 is 11.8 Å². The molecule has 1 atom stereocenters. The van der Waals surface area contributed by atoms with Crippen LogP contribution in [0.1, 0.15) is 26.3 Å². The van der Waals surface area contributed by atoms with E-state index < -0.39 is 29.2 Å². The minimum Gasteiger partial charge on any atom is -0.467 e. The van der Waals surface area contributed by atoms with E-state index in [1.54, 1.807) is 20.8 Å². The van der Waals surface area contributed by atoms with E-state index in [-0.39, 0.29) is 28.8 Å². The number of alkyl halides is 3. The molecule has 0 fully saturated rings. The van der Waals surface area contributed by atoms with Gasteiger partial charge in [0.15, 0.2) is 0 Å². The molecular weight excluding hydrogens is 373 g/mol. The summed E-state index contributed by atoms with van der Waals surface area (Å²) in [5, 5.41) is 2.38. The van der Waals surface area contributed by atoms with Crippen LogP contribution in [0, 0.1) is 0 Å². The Morgan fingerprint density at radius 1 is 1.27 bits per heavy atom. The molecule has 1 aromatic carbocycles. The van der Waals surface area contributed by atoms with Gasteiger partial charge in [-0.3, -0.25) is 0 Å². The number of alkyl carbamates (subject to hydrolysis) is 1. The van der Waals surface area contributed by atoms with Gasteiger partial charge >= 0.3 is 17.6 Å². The van der Waals surface area contributed by atoms with Crippen LogP contribution in [0.5, 0.6) is 0 Å². The maximum atomic E-state index is 12.4. The number of esters is 1. The Kier molecular flexibility index (Phi) is 7.19. The van der Waals surface area contributed by atoms with Crippen LogP contribution in [-0.2, 0) is 20.7 Å². The Balaban J connectivity index is 2.91. The van der Waals surface area contributed by atoms with Crippen molar-refractivity contribution >= 4 is 29.5 Å². The molecular formula is C16H21F3N2O4S. The van der Waals surface area contributed by atoms with E-state index in [0.717, 1.165) is 13.2 Å². The standard InChI is InChI=1S/C16H21F3N2O4S/c1-15(2,3)25-14(23)21-12(13(22)24-4)7-9-5-6-10(8-11(9)20)26-16(17,18)19/h5-6,8,12H,7,20H2,1-4H3,(H,21,23)/t12-/m1/s1. The summed E-state index contributed by atoms with van der Waals surface area (Å²) >= 11 is -0.291. The number of ether oxygens (including phenoxy) is 2. The van der Waals surface area contributed by atoms with Gasteiger partial charge in [0.1, 0.15) is 11.6 Å². The highest BCUT2D eigenvalue weighted by atomic mass is 32.2. The lowest BCUT2D eigenvalue weighted by atomic mass is 10.0. The van der Waals surface area contributed by atoms with Gasteiger partial charge in [-0.25, -0.2) is 9.59 Å². The van der Waals surface area contributed by atoms with Gasteiger partial charge in [-0.1, -0.05) is 6.07 Å². The van der Waals surface area contributed by atoms with Crippen molar-refractivity contribution in [2.45, 2.75) is 49.2 Å². The van der Waals surface area contributed by atoms with Crippen LogP contribution in [0.3, 0.4) is 0 Å². The summed E-state index contributed by atoms with van der Waals surface area (Å²) in [6, 6.07) is 2.68. The molecule has 3 N–H and O–H groups in total. The number of nitrogen functional groups attached to an aromatic ring is 1. The van der Waals surface area contributed by atoms with Crippen molar-refractivity contribution in [2.24, 2.45) is 0 Å². The van der Waals surface area contributed by atoms with E-state index in [1.165, 1.54) is 12.1 Å². The van der Waals surface area contributed by atoms with Crippen molar-refractivity contribution in [3.63, 3.8) is 0 Å². The van der Waals surface area contributed by atoms with Gasteiger partial charge in [-0.15, -0.1) is 0 Å². The Hall–Kier alpha value is -2.10. The topological polar surface area (TPSA) is 90.6 Å². The van der Waals surface area contributed by atoms with Crippen molar-refractivity contribution in [1.82, 2.24) is 5.32 Å². The predicted octanol–water partition coefficient (Wildman–Crippen LogP) is 3.49. The molecule has 0 aliphatic rings. The first-order valence-electron chi connectivity index (χ1n) is 7.52. The summed E-state index contributed by atoms with van der Waals surface area (Å²) in [7, 11) is 1.15. The number of nitrogens with one attached hydrogen (secondary N) is 1. The van der Waals surface area contributed by atoms with Crippen molar-refractivity contribution in [1.29, 1.82) is 0 Å². The van der Waals surface area contributed by atoms with E-state index >= 15 is 0 Å². The molecule has 1 aromatic rings. The zero-order valence-corrected chi connectivity index (χ0v) is 15.6. The van der Waals surface area contributed by atoms with Gasteiger partial charge in [-0.2, -0.15) is 13.2 Å². The minimum absolute atomic E-state index is 0.0608. The van der Waals surface area contributed by atoms with Gasteiger partial charge in [-0.05, 0) is 50.2 Å². The molecule has 0 radical (unpaired) electrons. The average molecular weight is 394 g/mol. The van der Waals surface area contributed by atoms with Crippen molar-refractivity contribution in [3.8, 4) is 0 Å². The highest BCUT2D eigenvalue weighted by molar-refractivity contribution is 8.00. The number of nitrogens with two attached hydrogens (primary N) is 1. The second kappa shape index (κ2) is 8.52. The molecule has 0 saturated carbocycles. The first-order chi connectivity index (χ1) is 11.8. The third-order valence-corrected chi connectivity index (χ3v) is 3.67. The number of hydrogen-bond acceptors (Lipinski definition) is 6. The molecule has 0 heterocycles. The highest BCUT2D eigenvalue weighted by Gasteiger charge is 2.30. The number of carbonyl (C=O) groups excluding carboxylic acids is 2. The summed E-state index contributed by atoms with van der Waals surface area (Å²) in [5.41, 5.74) is 1.05. The number of carbonyl (C=O) groups is 2. The number of anilines is 1. The van der Waals surface area contributed by atoms with Gasteiger partial charge in [0.2, 0.25) is 0 Å². The van der Waals surface area contributed by atoms with Crippen molar-refractivity contribution in [2.75, 3.05) is 12.8 Å². The molecule has 0 aliphatic heterocycles. The van der Waals surface area contributed by atoms with Crippen molar-refractivity contribution in [3.05, 3.63) is 23.8 Å². The normalized spacial score (nSPS) is 13.0. The maximum absolute atomic E-state index is 12.4. The molecule has 1 rings (SSSR count). The molecule has 26 heavy (non-hydrogen) atoms. The summed E-state index contributed by atoms with van der Waals surface area (Å²) in [6.45, 7) is 4.98.